The molecule has 0 aromatic carbocycles. The van der Waals surface area contributed by atoms with Crippen molar-refractivity contribution in [3.05, 3.63) is 46.7 Å². The van der Waals surface area contributed by atoms with Crippen molar-refractivity contribution in [2.45, 2.75) is 19.9 Å². The lowest BCUT2D eigenvalue weighted by molar-refractivity contribution is 0.550. The van der Waals surface area contributed by atoms with E-state index in [2.05, 4.69) is 35.6 Å². The van der Waals surface area contributed by atoms with Gasteiger partial charge in [-0.3, -0.25) is 0 Å². The van der Waals surface area contributed by atoms with Crippen LogP contribution >= 0.6 is 11.3 Å². The molecule has 1 atom stereocenters. The van der Waals surface area contributed by atoms with E-state index in [0.717, 1.165) is 5.69 Å². The average molecular weight is 250 g/mol. The summed E-state index contributed by atoms with van der Waals surface area (Å²) >= 11 is 1.71. The molecule has 4 heteroatoms. The molecule has 1 unspecified atom stereocenters. The first-order valence-electron chi connectivity index (χ1n) is 5.58. The van der Waals surface area contributed by atoms with Crippen molar-refractivity contribution in [3.63, 3.8) is 0 Å². The van der Waals surface area contributed by atoms with Crippen LogP contribution in [0, 0.1) is 11.9 Å². The first-order valence-corrected chi connectivity index (χ1v) is 6.46. The predicted molar refractivity (Wildman–Crippen MR) is 69.7 cm³/mol. The fraction of sp³-hybridized carbons (Fsp3) is 0.308. The van der Waals surface area contributed by atoms with Crippen LogP contribution in [0.4, 0.5) is 10.1 Å². The van der Waals surface area contributed by atoms with Gasteiger partial charge in [-0.2, -0.15) is 4.39 Å². The standard InChI is InChI=1S/C13H15FN2S/c1-9(2)13(11-4-3-7-17-11)16-10-5-6-15-12(14)8-10/h3-9,13H,1-2H3,(H,15,16). The first kappa shape index (κ1) is 12.0. The molecule has 0 fully saturated rings. The van der Waals surface area contributed by atoms with E-state index in [1.165, 1.54) is 17.1 Å². The Labute approximate surface area is 105 Å². The van der Waals surface area contributed by atoms with Gasteiger partial charge in [0.2, 0.25) is 5.95 Å². The molecular weight excluding hydrogens is 235 g/mol. The van der Waals surface area contributed by atoms with Gasteiger partial charge in [-0.1, -0.05) is 19.9 Å². The predicted octanol–water partition coefficient (Wildman–Crippen LogP) is 4.09. The Balaban J connectivity index is 2.19. The third-order valence-corrected chi connectivity index (χ3v) is 3.52. The molecule has 2 rings (SSSR count). The molecule has 0 aliphatic heterocycles. The van der Waals surface area contributed by atoms with Crippen LogP contribution in [0.15, 0.2) is 35.8 Å². The number of hydrogen-bond donors (Lipinski definition) is 1. The summed E-state index contributed by atoms with van der Waals surface area (Å²) in [5, 5.41) is 5.41. The number of hydrogen-bond acceptors (Lipinski definition) is 3. The smallest absolute Gasteiger partial charge is 0.214 e. The Morgan fingerprint density at radius 1 is 1.35 bits per heavy atom. The number of nitrogens with zero attached hydrogens (tertiary/aromatic N) is 1. The highest BCUT2D eigenvalue weighted by atomic mass is 32.1. The van der Waals surface area contributed by atoms with Crippen molar-refractivity contribution in [3.8, 4) is 0 Å². The van der Waals surface area contributed by atoms with Gasteiger partial charge >= 0.3 is 0 Å². The Morgan fingerprint density at radius 3 is 2.76 bits per heavy atom. The molecule has 2 heterocycles. The van der Waals surface area contributed by atoms with Gasteiger partial charge in [-0.05, 0) is 23.4 Å². The molecule has 0 amide bonds. The molecule has 17 heavy (non-hydrogen) atoms. The van der Waals surface area contributed by atoms with E-state index in [0.29, 0.717) is 5.92 Å². The molecule has 2 aromatic heterocycles. The van der Waals surface area contributed by atoms with Crippen molar-refractivity contribution in [1.29, 1.82) is 0 Å². The van der Waals surface area contributed by atoms with Crippen molar-refractivity contribution >= 4 is 17.0 Å². The highest BCUT2D eigenvalue weighted by molar-refractivity contribution is 7.10. The maximum atomic E-state index is 13.0. The van der Waals surface area contributed by atoms with E-state index in [1.54, 1.807) is 17.4 Å². The second kappa shape index (κ2) is 5.27. The largest absolute Gasteiger partial charge is 0.377 e. The fourth-order valence-electron chi connectivity index (χ4n) is 1.71. The Kier molecular flexibility index (Phi) is 3.74. The maximum absolute atomic E-state index is 13.0. The van der Waals surface area contributed by atoms with Crippen LogP contribution in [-0.2, 0) is 0 Å². The van der Waals surface area contributed by atoms with E-state index in [4.69, 9.17) is 0 Å². The molecule has 0 spiro atoms. The van der Waals surface area contributed by atoms with Crippen LogP contribution in [0.5, 0.6) is 0 Å². The lowest BCUT2D eigenvalue weighted by Gasteiger charge is -2.22. The number of halogens is 1. The summed E-state index contributed by atoms with van der Waals surface area (Å²) in [7, 11) is 0. The summed E-state index contributed by atoms with van der Waals surface area (Å²) in [6, 6.07) is 7.54. The molecular formula is C13H15FN2S. The number of anilines is 1. The van der Waals surface area contributed by atoms with Gasteiger partial charge in [0, 0.05) is 22.8 Å². The van der Waals surface area contributed by atoms with Crippen LogP contribution < -0.4 is 5.32 Å². The lowest BCUT2D eigenvalue weighted by atomic mass is 10.0. The second-order valence-electron chi connectivity index (χ2n) is 4.25. The lowest BCUT2D eigenvalue weighted by Crippen LogP contribution is -2.15. The van der Waals surface area contributed by atoms with E-state index >= 15 is 0 Å². The van der Waals surface area contributed by atoms with Crippen molar-refractivity contribution in [2.75, 3.05) is 5.32 Å². The molecule has 2 nitrogen and oxygen atoms in total. The zero-order valence-electron chi connectivity index (χ0n) is 9.85. The third kappa shape index (κ3) is 3.03. The van der Waals surface area contributed by atoms with Crippen molar-refractivity contribution in [2.24, 2.45) is 5.92 Å². The molecule has 0 radical (unpaired) electrons. The Hall–Kier alpha value is -1.42. The number of rotatable bonds is 4. The van der Waals surface area contributed by atoms with E-state index in [1.807, 2.05) is 6.07 Å². The molecule has 0 aliphatic carbocycles. The molecule has 90 valence electrons. The van der Waals surface area contributed by atoms with Gasteiger partial charge in [0.25, 0.3) is 0 Å². The number of aromatic nitrogens is 1. The Morgan fingerprint density at radius 2 is 2.18 bits per heavy atom. The van der Waals surface area contributed by atoms with E-state index in [-0.39, 0.29) is 6.04 Å². The van der Waals surface area contributed by atoms with Gasteiger partial charge in [-0.15, -0.1) is 11.3 Å². The second-order valence-corrected chi connectivity index (χ2v) is 5.23. The number of pyridine rings is 1. The first-order chi connectivity index (χ1) is 8.16. The highest BCUT2D eigenvalue weighted by Gasteiger charge is 2.16. The average Bonchev–Trinajstić information content (AvgIpc) is 2.78. The SMILES string of the molecule is CC(C)C(Nc1ccnc(F)c1)c1cccs1. The summed E-state index contributed by atoms with van der Waals surface area (Å²) < 4.78 is 13.0. The minimum absolute atomic E-state index is 0.205. The zero-order valence-corrected chi connectivity index (χ0v) is 10.7. The van der Waals surface area contributed by atoms with Gasteiger partial charge in [-0.25, -0.2) is 4.98 Å². The molecule has 0 saturated heterocycles. The molecule has 0 aliphatic rings. The highest BCUT2D eigenvalue weighted by Crippen LogP contribution is 2.29. The fourth-order valence-corrected chi connectivity index (χ4v) is 2.66. The number of thiophene rings is 1. The Bertz CT molecular complexity index is 468. The van der Waals surface area contributed by atoms with Crippen LogP contribution in [0.1, 0.15) is 24.8 Å². The zero-order chi connectivity index (χ0) is 12.3. The van der Waals surface area contributed by atoms with Gasteiger partial charge in [0.15, 0.2) is 0 Å². The summed E-state index contributed by atoms with van der Waals surface area (Å²) in [6.07, 6.45) is 1.48. The van der Waals surface area contributed by atoms with Gasteiger partial charge in [0.1, 0.15) is 0 Å². The molecule has 1 N–H and O–H groups in total. The van der Waals surface area contributed by atoms with Crippen LogP contribution in [0.25, 0.3) is 0 Å². The minimum atomic E-state index is -0.455. The normalized spacial score (nSPS) is 12.7. The van der Waals surface area contributed by atoms with E-state index in [9.17, 15) is 4.39 Å². The molecule has 0 saturated carbocycles. The number of nitrogens with one attached hydrogen (secondary N) is 1. The van der Waals surface area contributed by atoms with Crippen LogP contribution in [-0.4, -0.2) is 4.98 Å². The third-order valence-electron chi connectivity index (χ3n) is 2.57. The van der Waals surface area contributed by atoms with Gasteiger partial charge < -0.3 is 5.32 Å². The topological polar surface area (TPSA) is 24.9 Å². The van der Waals surface area contributed by atoms with E-state index < -0.39 is 5.95 Å². The molecule has 0 bridgehead atoms. The summed E-state index contributed by atoms with van der Waals surface area (Å²) in [6.45, 7) is 4.30. The monoisotopic (exact) mass is 250 g/mol. The summed E-state index contributed by atoms with van der Waals surface area (Å²) in [5.41, 5.74) is 0.768. The summed E-state index contributed by atoms with van der Waals surface area (Å²) in [5.74, 6) is -0.0198. The van der Waals surface area contributed by atoms with Crippen molar-refractivity contribution < 1.29 is 4.39 Å². The van der Waals surface area contributed by atoms with Gasteiger partial charge in [0.05, 0.1) is 6.04 Å². The van der Waals surface area contributed by atoms with Crippen molar-refractivity contribution in [1.82, 2.24) is 4.98 Å². The van der Waals surface area contributed by atoms with Crippen LogP contribution in [0.2, 0.25) is 0 Å². The molecule has 2 aromatic rings. The maximum Gasteiger partial charge on any atom is 0.214 e. The minimum Gasteiger partial charge on any atom is -0.377 e. The summed E-state index contributed by atoms with van der Waals surface area (Å²) in [4.78, 5) is 4.81. The quantitative estimate of drug-likeness (QED) is 0.827. The van der Waals surface area contributed by atoms with Crippen LogP contribution in [0.3, 0.4) is 0 Å².